The zero-order chi connectivity index (χ0) is 25.1. The smallest absolute Gasteiger partial charge is 0.414 e. The highest BCUT2D eigenvalue weighted by atomic mass is 16.6. The van der Waals surface area contributed by atoms with E-state index in [0.29, 0.717) is 38.2 Å². The summed E-state index contributed by atoms with van der Waals surface area (Å²) in [7, 11) is 0. The molecule has 36 heavy (non-hydrogen) atoms. The molecule has 9 heteroatoms. The van der Waals surface area contributed by atoms with E-state index in [4.69, 9.17) is 4.74 Å². The Morgan fingerprint density at radius 1 is 1.00 bits per heavy atom. The van der Waals surface area contributed by atoms with Crippen LogP contribution in [0.15, 0.2) is 72.8 Å². The molecule has 3 aromatic carbocycles. The molecule has 2 amide bonds. The van der Waals surface area contributed by atoms with Crippen molar-refractivity contribution in [3.63, 3.8) is 0 Å². The highest BCUT2D eigenvalue weighted by Gasteiger charge is 2.35. The number of fused-ring (bicyclic) bond motifs is 1. The van der Waals surface area contributed by atoms with Gasteiger partial charge in [0.05, 0.1) is 10.6 Å². The van der Waals surface area contributed by atoms with Crippen LogP contribution < -0.4 is 15.1 Å². The zero-order valence-corrected chi connectivity index (χ0v) is 19.6. The molecule has 1 saturated heterocycles. The number of cyclic esters (lactones) is 1. The number of nitro groups is 1. The second kappa shape index (κ2) is 10.1. The highest BCUT2D eigenvalue weighted by molar-refractivity contribution is 5.96. The van der Waals surface area contributed by atoms with E-state index in [1.165, 1.54) is 6.07 Å². The number of carbonyl (C=O) groups is 2. The van der Waals surface area contributed by atoms with Crippen molar-refractivity contribution in [2.24, 2.45) is 0 Å². The third kappa shape index (κ3) is 4.72. The first-order valence-corrected chi connectivity index (χ1v) is 11.9. The number of amides is 2. The van der Waals surface area contributed by atoms with Crippen molar-refractivity contribution >= 4 is 29.1 Å². The summed E-state index contributed by atoms with van der Waals surface area (Å²) in [5, 5.41) is 14.7. The molecule has 0 aromatic heterocycles. The van der Waals surface area contributed by atoms with Crippen LogP contribution in [0.4, 0.5) is 21.9 Å². The van der Waals surface area contributed by atoms with Crippen molar-refractivity contribution in [3.8, 4) is 0 Å². The molecule has 0 saturated carbocycles. The standard InChI is InChI=1S/C27H26N4O5/c32-26(28-17-19-6-2-1-3-7-19)20-10-11-24(25(16-20)31(34)35)29-14-12-22(13-15-29)30-23-9-5-4-8-21(23)18-36-27(30)33/h1-11,16,22H,12-15,17-18H2,(H,28,32). The van der Waals surface area contributed by atoms with Gasteiger partial charge in [0.25, 0.3) is 11.6 Å². The van der Waals surface area contributed by atoms with Crippen molar-refractivity contribution in [1.29, 1.82) is 0 Å². The van der Waals surface area contributed by atoms with Crippen LogP contribution in [-0.4, -0.2) is 36.1 Å². The molecule has 5 rings (SSSR count). The van der Waals surface area contributed by atoms with Crippen LogP contribution in [0.1, 0.15) is 34.3 Å². The molecule has 2 heterocycles. The third-order valence-electron chi connectivity index (χ3n) is 6.70. The van der Waals surface area contributed by atoms with Gasteiger partial charge in [0, 0.05) is 42.9 Å². The molecule has 2 aliphatic rings. The number of nitro benzene ring substituents is 1. The molecule has 0 unspecified atom stereocenters. The predicted octanol–water partition coefficient (Wildman–Crippen LogP) is 4.65. The van der Waals surface area contributed by atoms with Gasteiger partial charge in [0.2, 0.25) is 0 Å². The fourth-order valence-electron chi connectivity index (χ4n) is 4.84. The lowest BCUT2D eigenvalue weighted by atomic mass is 9.99. The van der Waals surface area contributed by atoms with Gasteiger partial charge in [-0.2, -0.15) is 0 Å². The normalized spacial score (nSPS) is 15.7. The van der Waals surface area contributed by atoms with E-state index < -0.39 is 4.92 Å². The minimum absolute atomic E-state index is 0.0581. The minimum atomic E-state index is -0.451. The predicted molar refractivity (Wildman–Crippen MR) is 135 cm³/mol. The van der Waals surface area contributed by atoms with E-state index in [1.807, 2.05) is 59.5 Å². The van der Waals surface area contributed by atoms with Crippen LogP contribution in [0.2, 0.25) is 0 Å². The van der Waals surface area contributed by atoms with Gasteiger partial charge in [0.1, 0.15) is 12.3 Å². The summed E-state index contributed by atoms with van der Waals surface area (Å²) in [6.45, 7) is 1.68. The Balaban J connectivity index is 1.28. The second-order valence-electron chi connectivity index (χ2n) is 8.90. The minimum Gasteiger partial charge on any atom is -0.444 e. The van der Waals surface area contributed by atoms with Gasteiger partial charge in [-0.05, 0) is 36.6 Å². The van der Waals surface area contributed by atoms with Gasteiger partial charge in [0.15, 0.2) is 0 Å². The molecule has 1 N–H and O–H groups in total. The van der Waals surface area contributed by atoms with E-state index in [0.717, 1.165) is 16.8 Å². The fraction of sp³-hybridized carbons (Fsp3) is 0.259. The SMILES string of the molecule is O=C(NCc1ccccc1)c1ccc(N2CCC(N3C(=O)OCc4ccccc43)CC2)c([N+](=O)[O-])c1. The molecule has 0 aliphatic carbocycles. The number of hydrogen-bond acceptors (Lipinski definition) is 6. The Labute approximate surface area is 208 Å². The molecule has 0 bridgehead atoms. The van der Waals surface area contributed by atoms with Crippen LogP contribution in [0.3, 0.4) is 0 Å². The van der Waals surface area contributed by atoms with Crippen molar-refractivity contribution in [1.82, 2.24) is 5.32 Å². The number of hydrogen-bond donors (Lipinski definition) is 1. The first kappa shape index (κ1) is 23.3. The lowest BCUT2D eigenvalue weighted by Crippen LogP contribution is -2.49. The summed E-state index contributed by atoms with van der Waals surface area (Å²) in [5.41, 5.74) is 3.38. The summed E-state index contributed by atoms with van der Waals surface area (Å²) >= 11 is 0. The summed E-state index contributed by atoms with van der Waals surface area (Å²) in [6, 6.07) is 21.7. The average Bonchev–Trinajstić information content (AvgIpc) is 2.92. The van der Waals surface area contributed by atoms with Crippen molar-refractivity contribution in [2.45, 2.75) is 32.0 Å². The van der Waals surface area contributed by atoms with Gasteiger partial charge in [-0.1, -0.05) is 48.5 Å². The number of piperidine rings is 1. The molecule has 9 nitrogen and oxygen atoms in total. The molecular formula is C27H26N4O5. The van der Waals surface area contributed by atoms with Crippen LogP contribution in [0, 0.1) is 10.1 Å². The molecule has 3 aromatic rings. The lowest BCUT2D eigenvalue weighted by molar-refractivity contribution is -0.384. The number of para-hydroxylation sites is 1. The maximum absolute atomic E-state index is 12.6. The molecule has 0 atom stereocenters. The van der Waals surface area contributed by atoms with Crippen molar-refractivity contribution in [2.75, 3.05) is 22.9 Å². The van der Waals surface area contributed by atoms with Crippen LogP contribution in [0.25, 0.3) is 0 Å². The Hall–Kier alpha value is -4.40. The summed E-state index contributed by atoms with van der Waals surface area (Å²) in [5.74, 6) is -0.366. The Bertz CT molecular complexity index is 1290. The van der Waals surface area contributed by atoms with Gasteiger partial charge in [-0.25, -0.2) is 4.79 Å². The molecule has 1 fully saturated rings. The summed E-state index contributed by atoms with van der Waals surface area (Å²) in [6.07, 6.45) is 0.920. The van der Waals surface area contributed by atoms with Gasteiger partial charge in [-0.3, -0.25) is 19.8 Å². The van der Waals surface area contributed by atoms with E-state index in [9.17, 15) is 19.7 Å². The van der Waals surface area contributed by atoms with Gasteiger partial charge in [-0.15, -0.1) is 0 Å². The Morgan fingerprint density at radius 3 is 2.47 bits per heavy atom. The quantitative estimate of drug-likeness (QED) is 0.402. The number of carbonyl (C=O) groups excluding carboxylic acids is 2. The van der Waals surface area contributed by atoms with E-state index in [-0.39, 0.29) is 35.9 Å². The van der Waals surface area contributed by atoms with Crippen LogP contribution >= 0.6 is 0 Å². The van der Waals surface area contributed by atoms with E-state index in [2.05, 4.69) is 5.32 Å². The first-order chi connectivity index (χ1) is 17.5. The lowest BCUT2D eigenvalue weighted by Gasteiger charge is -2.40. The number of nitrogens with one attached hydrogen (secondary N) is 1. The topological polar surface area (TPSA) is 105 Å². The molecular weight excluding hydrogens is 460 g/mol. The van der Waals surface area contributed by atoms with Crippen molar-refractivity contribution in [3.05, 3.63) is 99.6 Å². The molecule has 184 valence electrons. The largest absolute Gasteiger partial charge is 0.444 e. The maximum atomic E-state index is 12.6. The molecule has 0 radical (unpaired) electrons. The number of benzene rings is 3. The van der Waals surface area contributed by atoms with Crippen LogP contribution in [0.5, 0.6) is 0 Å². The highest BCUT2D eigenvalue weighted by Crippen LogP contribution is 2.35. The molecule has 2 aliphatic heterocycles. The van der Waals surface area contributed by atoms with Crippen molar-refractivity contribution < 1.29 is 19.2 Å². The Morgan fingerprint density at radius 2 is 1.72 bits per heavy atom. The first-order valence-electron chi connectivity index (χ1n) is 11.9. The number of rotatable bonds is 6. The fourth-order valence-corrected chi connectivity index (χ4v) is 4.84. The zero-order valence-electron chi connectivity index (χ0n) is 19.6. The maximum Gasteiger partial charge on any atom is 0.414 e. The van der Waals surface area contributed by atoms with Gasteiger partial charge < -0.3 is 15.0 Å². The third-order valence-corrected chi connectivity index (χ3v) is 6.70. The number of nitrogens with zero attached hydrogens (tertiary/aromatic N) is 3. The molecule has 0 spiro atoms. The average molecular weight is 487 g/mol. The number of anilines is 2. The number of ether oxygens (including phenoxy) is 1. The van der Waals surface area contributed by atoms with Crippen LogP contribution in [-0.2, 0) is 17.9 Å². The monoisotopic (exact) mass is 486 g/mol. The second-order valence-corrected chi connectivity index (χ2v) is 8.90. The Kier molecular flexibility index (Phi) is 6.53. The summed E-state index contributed by atoms with van der Waals surface area (Å²) in [4.78, 5) is 40.3. The van der Waals surface area contributed by atoms with E-state index >= 15 is 0 Å². The van der Waals surface area contributed by atoms with E-state index in [1.54, 1.807) is 17.0 Å². The summed E-state index contributed by atoms with van der Waals surface area (Å²) < 4.78 is 5.36. The van der Waals surface area contributed by atoms with Gasteiger partial charge >= 0.3 is 6.09 Å².